The van der Waals surface area contributed by atoms with E-state index < -0.39 is 12.0 Å². The zero-order valence-electron chi connectivity index (χ0n) is 11.9. The summed E-state index contributed by atoms with van der Waals surface area (Å²) in [6.45, 7) is 4.05. The lowest BCUT2D eigenvalue weighted by Crippen LogP contribution is -2.53. The lowest BCUT2D eigenvalue weighted by molar-refractivity contribution is -0.141. The van der Waals surface area contributed by atoms with Crippen molar-refractivity contribution in [3.8, 4) is 0 Å². The Bertz CT molecular complexity index is 373. The van der Waals surface area contributed by atoms with Crippen LogP contribution in [0.4, 0.5) is 4.79 Å². The lowest BCUT2D eigenvalue weighted by Gasteiger charge is -2.32. The number of carbonyl (C=O) groups excluding carboxylic acids is 1. The van der Waals surface area contributed by atoms with Gasteiger partial charge in [-0.3, -0.25) is 4.90 Å². The second-order valence-electron chi connectivity index (χ2n) is 5.57. The molecule has 2 aliphatic rings. The topological polar surface area (TPSA) is 69.6 Å². The van der Waals surface area contributed by atoms with Gasteiger partial charge >= 0.3 is 12.0 Å². The molecule has 2 atom stereocenters. The Labute approximate surface area is 128 Å². The van der Waals surface area contributed by atoms with Gasteiger partial charge in [-0.1, -0.05) is 13.8 Å². The standard InChI is InChI=1S/C13H22N2O3S2/c1-8(2)11-15(10(7-20-11)12(16)17)13(18)14-9-3-5-19-6-4-9/h8-11H,3-7H2,1-2H3,(H,14,18)(H,16,17). The molecule has 2 fully saturated rings. The molecule has 0 spiro atoms. The first kappa shape index (κ1) is 15.8. The third-order valence-corrected chi connectivity index (χ3v) is 6.34. The van der Waals surface area contributed by atoms with Crippen molar-refractivity contribution in [2.75, 3.05) is 17.3 Å². The van der Waals surface area contributed by atoms with E-state index in [-0.39, 0.29) is 23.4 Å². The maximum Gasteiger partial charge on any atom is 0.327 e. The Balaban J connectivity index is 2.04. The van der Waals surface area contributed by atoms with Crippen LogP contribution >= 0.6 is 23.5 Å². The van der Waals surface area contributed by atoms with Gasteiger partial charge in [-0.25, -0.2) is 9.59 Å². The van der Waals surface area contributed by atoms with Crippen LogP contribution in [0.5, 0.6) is 0 Å². The summed E-state index contributed by atoms with van der Waals surface area (Å²) in [7, 11) is 0. The summed E-state index contributed by atoms with van der Waals surface area (Å²) in [6.07, 6.45) is 1.95. The summed E-state index contributed by atoms with van der Waals surface area (Å²) >= 11 is 3.47. The van der Waals surface area contributed by atoms with E-state index in [0.717, 1.165) is 24.3 Å². The first-order valence-electron chi connectivity index (χ1n) is 7.01. The zero-order valence-corrected chi connectivity index (χ0v) is 13.5. The van der Waals surface area contributed by atoms with Crippen LogP contribution in [0.2, 0.25) is 0 Å². The van der Waals surface area contributed by atoms with E-state index in [4.69, 9.17) is 0 Å². The van der Waals surface area contributed by atoms with E-state index in [9.17, 15) is 14.7 Å². The molecule has 5 nitrogen and oxygen atoms in total. The molecular formula is C13H22N2O3S2. The van der Waals surface area contributed by atoms with Gasteiger partial charge in [0.25, 0.3) is 0 Å². The number of carbonyl (C=O) groups is 2. The monoisotopic (exact) mass is 318 g/mol. The molecule has 2 amide bonds. The fourth-order valence-corrected chi connectivity index (χ4v) is 5.16. The quantitative estimate of drug-likeness (QED) is 0.834. The van der Waals surface area contributed by atoms with E-state index in [2.05, 4.69) is 5.32 Å². The van der Waals surface area contributed by atoms with Gasteiger partial charge in [0.2, 0.25) is 0 Å². The average Bonchev–Trinajstić information content (AvgIpc) is 2.84. The number of hydrogen-bond acceptors (Lipinski definition) is 4. The highest BCUT2D eigenvalue weighted by Gasteiger charge is 2.43. The van der Waals surface area contributed by atoms with Crippen molar-refractivity contribution < 1.29 is 14.7 Å². The molecule has 2 rings (SSSR count). The van der Waals surface area contributed by atoms with Crippen LogP contribution in [0.25, 0.3) is 0 Å². The van der Waals surface area contributed by atoms with E-state index in [0.29, 0.717) is 5.75 Å². The van der Waals surface area contributed by atoms with Crippen molar-refractivity contribution in [1.29, 1.82) is 0 Å². The molecule has 0 aromatic carbocycles. The number of rotatable bonds is 3. The predicted molar refractivity (Wildman–Crippen MR) is 83.2 cm³/mol. The molecule has 2 heterocycles. The van der Waals surface area contributed by atoms with Gasteiger partial charge in [0.1, 0.15) is 6.04 Å². The molecule has 20 heavy (non-hydrogen) atoms. The summed E-state index contributed by atoms with van der Waals surface area (Å²) < 4.78 is 0. The van der Waals surface area contributed by atoms with Crippen LogP contribution in [0.1, 0.15) is 26.7 Å². The van der Waals surface area contributed by atoms with Gasteiger partial charge in [-0.2, -0.15) is 11.8 Å². The van der Waals surface area contributed by atoms with Gasteiger partial charge in [-0.05, 0) is 30.3 Å². The number of thioether (sulfide) groups is 2. The number of hydrogen-bond donors (Lipinski definition) is 2. The molecule has 2 aliphatic heterocycles. The van der Waals surface area contributed by atoms with Gasteiger partial charge in [0.15, 0.2) is 0 Å². The van der Waals surface area contributed by atoms with Crippen LogP contribution in [-0.2, 0) is 4.79 Å². The van der Waals surface area contributed by atoms with Gasteiger partial charge < -0.3 is 10.4 Å². The Morgan fingerprint density at radius 3 is 2.50 bits per heavy atom. The fourth-order valence-electron chi connectivity index (χ4n) is 2.58. The molecule has 0 aliphatic carbocycles. The molecule has 0 bridgehead atoms. The van der Waals surface area contributed by atoms with Gasteiger partial charge in [0.05, 0.1) is 5.37 Å². The Morgan fingerprint density at radius 1 is 1.30 bits per heavy atom. The number of urea groups is 1. The van der Waals surface area contributed by atoms with Crippen molar-refractivity contribution >= 4 is 35.5 Å². The van der Waals surface area contributed by atoms with Gasteiger partial charge in [-0.15, -0.1) is 11.8 Å². The van der Waals surface area contributed by atoms with Crippen molar-refractivity contribution in [3.63, 3.8) is 0 Å². The van der Waals surface area contributed by atoms with Crippen molar-refractivity contribution in [2.45, 2.75) is 44.1 Å². The summed E-state index contributed by atoms with van der Waals surface area (Å²) in [4.78, 5) is 25.4. The molecule has 0 saturated carbocycles. The second kappa shape index (κ2) is 6.93. The third kappa shape index (κ3) is 3.55. The molecule has 0 aromatic rings. The van der Waals surface area contributed by atoms with E-state index in [1.54, 1.807) is 16.7 Å². The van der Waals surface area contributed by atoms with Crippen LogP contribution in [-0.4, -0.2) is 56.7 Å². The number of carboxylic acid groups (broad SMARTS) is 1. The van der Waals surface area contributed by atoms with E-state index >= 15 is 0 Å². The summed E-state index contributed by atoms with van der Waals surface area (Å²) in [5.41, 5.74) is 0. The number of nitrogens with zero attached hydrogens (tertiary/aromatic N) is 1. The summed E-state index contributed by atoms with van der Waals surface area (Å²) in [5, 5.41) is 12.3. The summed E-state index contributed by atoms with van der Waals surface area (Å²) in [6, 6.07) is -0.722. The van der Waals surface area contributed by atoms with E-state index in [1.165, 1.54) is 0 Å². The largest absolute Gasteiger partial charge is 0.480 e. The predicted octanol–water partition coefficient (Wildman–Crippen LogP) is 2.08. The zero-order chi connectivity index (χ0) is 14.7. The molecule has 2 saturated heterocycles. The number of amides is 2. The number of carboxylic acids is 1. The molecule has 0 radical (unpaired) electrons. The number of nitrogens with one attached hydrogen (secondary N) is 1. The smallest absolute Gasteiger partial charge is 0.327 e. The molecule has 0 aromatic heterocycles. The maximum absolute atomic E-state index is 12.5. The first-order valence-corrected chi connectivity index (χ1v) is 9.22. The fraction of sp³-hybridized carbons (Fsp3) is 0.846. The minimum atomic E-state index is -0.907. The minimum absolute atomic E-state index is 0.0472. The Kier molecular flexibility index (Phi) is 5.49. The summed E-state index contributed by atoms with van der Waals surface area (Å²) in [5.74, 6) is 1.95. The van der Waals surface area contributed by atoms with Gasteiger partial charge in [0, 0.05) is 11.8 Å². The number of aliphatic carboxylic acids is 1. The molecule has 2 unspecified atom stereocenters. The first-order chi connectivity index (χ1) is 9.50. The van der Waals surface area contributed by atoms with Crippen LogP contribution < -0.4 is 5.32 Å². The van der Waals surface area contributed by atoms with Crippen LogP contribution in [0.3, 0.4) is 0 Å². The maximum atomic E-state index is 12.5. The van der Waals surface area contributed by atoms with Crippen molar-refractivity contribution in [1.82, 2.24) is 10.2 Å². The normalized spacial score (nSPS) is 27.9. The Morgan fingerprint density at radius 2 is 1.95 bits per heavy atom. The molecule has 2 N–H and O–H groups in total. The van der Waals surface area contributed by atoms with Crippen molar-refractivity contribution in [3.05, 3.63) is 0 Å². The lowest BCUT2D eigenvalue weighted by atomic mass is 10.1. The molecule has 114 valence electrons. The molecular weight excluding hydrogens is 296 g/mol. The van der Waals surface area contributed by atoms with Crippen molar-refractivity contribution in [2.24, 2.45) is 5.92 Å². The third-order valence-electron chi connectivity index (χ3n) is 3.67. The Hall–Kier alpha value is -0.560. The SMILES string of the molecule is CC(C)C1SCC(C(=O)O)N1C(=O)NC1CCSCC1. The minimum Gasteiger partial charge on any atom is -0.480 e. The average molecular weight is 318 g/mol. The second-order valence-corrected chi connectivity index (χ2v) is 7.94. The highest BCUT2D eigenvalue weighted by atomic mass is 32.2. The highest BCUT2D eigenvalue weighted by molar-refractivity contribution is 8.00. The molecule has 7 heteroatoms. The highest BCUT2D eigenvalue weighted by Crippen LogP contribution is 2.34. The van der Waals surface area contributed by atoms with E-state index in [1.807, 2.05) is 25.6 Å². The van der Waals surface area contributed by atoms with Crippen LogP contribution in [0.15, 0.2) is 0 Å². The van der Waals surface area contributed by atoms with Crippen LogP contribution in [0, 0.1) is 5.92 Å².